The van der Waals surface area contributed by atoms with Crippen LogP contribution in [-0.2, 0) is 9.53 Å². The summed E-state index contributed by atoms with van der Waals surface area (Å²) in [6, 6.07) is 11.2. The number of nitrogens with one attached hydrogen (secondary N) is 1. The fraction of sp³-hybridized carbons (Fsp3) is 0.286. The molecule has 2 atom stereocenters. The van der Waals surface area contributed by atoms with Gasteiger partial charge in [0, 0.05) is 11.6 Å². The standard InChI is InChI=1S/C21H21BrFN3O3S/c1-12(11-29-3)26-20(28)15-6-4-5-7-17(15)25-21(26)30-13(2)19(27)24-18-9-8-14(22)10-16(18)23/h4-10,12-13H,11H2,1-3H3,(H,24,27)/t12-,13+/m1/s1. The quantitative estimate of drug-likeness (QED) is 0.383. The zero-order valence-electron chi connectivity index (χ0n) is 16.7. The minimum atomic E-state index is -0.623. The van der Waals surface area contributed by atoms with Gasteiger partial charge in [-0.15, -0.1) is 0 Å². The van der Waals surface area contributed by atoms with Crippen molar-refractivity contribution < 1.29 is 13.9 Å². The molecule has 0 aliphatic heterocycles. The van der Waals surface area contributed by atoms with Crippen LogP contribution in [0.4, 0.5) is 10.1 Å². The molecule has 0 bridgehead atoms. The summed E-state index contributed by atoms with van der Waals surface area (Å²) in [4.78, 5) is 30.4. The Kier molecular flexibility index (Phi) is 7.27. The Morgan fingerprint density at radius 3 is 2.73 bits per heavy atom. The highest BCUT2D eigenvalue weighted by molar-refractivity contribution is 9.10. The fourth-order valence-corrected chi connectivity index (χ4v) is 4.29. The minimum Gasteiger partial charge on any atom is -0.383 e. The van der Waals surface area contributed by atoms with E-state index in [0.717, 1.165) is 11.8 Å². The number of carbonyl (C=O) groups excluding carboxylic acids is 1. The van der Waals surface area contributed by atoms with Gasteiger partial charge in [-0.25, -0.2) is 9.37 Å². The molecule has 0 aliphatic rings. The first-order chi connectivity index (χ1) is 14.3. The molecular weight excluding hydrogens is 473 g/mol. The molecule has 0 unspecified atom stereocenters. The van der Waals surface area contributed by atoms with Crippen molar-refractivity contribution >= 4 is 50.2 Å². The number of carbonyl (C=O) groups is 1. The second-order valence-electron chi connectivity index (χ2n) is 6.76. The van der Waals surface area contributed by atoms with E-state index in [9.17, 15) is 14.0 Å². The lowest BCUT2D eigenvalue weighted by atomic mass is 10.2. The van der Waals surface area contributed by atoms with Crippen LogP contribution in [0.5, 0.6) is 0 Å². The van der Waals surface area contributed by atoms with Crippen molar-refractivity contribution in [3.8, 4) is 0 Å². The van der Waals surface area contributed by atoms with Gasteiger partial charge in [0.05, 0.1) is 34.5 Å². The summed E-state index contributed by atoms with van der Waals surface area (Å²) in [5, 5.41) is 2.87. The lowest BCUT2D eigenvalue weighted by molar-refractivity contribution is -0.115. The van der Waals surface area contributed by atoms with E-state index < -0.39 is 17.0 Å². The number of para-hydroxylation sites is 1. The number of ether oxygens (including phenoxy) is 1. The van der Waals surface area contributed by atoms with Crippen molar-refractivity contribution in [3.63, 3.8) is 0 Å². The molecule has 1 N–H and O–H groups in total. The normalized spacial score (nSPS) is 13.2. The summed E-state index contributed by atoms with van der Waals surface area (Å²) in [5.74, 6) is -0.932. The number of methoxy groups -OCH3 is 1. The first-order valence-corrected chi connectivity index (χ1v) is 10.9. The molecule has 2 aromatic carbocycles. The van der Waals surface area contributed by atoms with E-state index in [0.29, 0.717) is 27.1 Å². The van der Waals surface area contributed by atoms with Crippen LogP contribution in [0.25, 0.3) is 10.9 Å². The van der Waals surface area contributed by atoms with Crippen LogP contribution in [0, 0.1) is 5.82 Å². The number of aromatic nitrogens is 2. The SMILES string of the molecule is COC[C@@H](C)n1c(S[C@@H](C)C(=O)Nc2ccc(Br)cc2F)nc2ccccc2c1=O. The number of hydrogen-bond donors (Lipinski definition) is 1. The average Bonchev–Trinajstić information content (AvgIpc) is 2.70. The van der Waals surface area contributed by atoms with E-state index in [1.807, 2.05) is 6.92 Å². The Hall–Kier alpha value is -2.23. The van der Waals surface area contributed by atoms with Crippen molar-refractivity contribution in [1.82, 2.24) is 9.55 Å². The maximum atomic E-state index is 14.1. The number of benzene rings is 2. The number of nitrogens with zero attached hydrogens (tertiary/aromatic N) is 2. The first kappa shape index (κ1) is 22.5. The Bertz CT molecular complexity index is 1140. The van der Waals surface area contributed by atoms with E-state index in [1.54, 1.807) is 48.9 Å². The molecule has 9 heteroatoms. The van der Waals surface area contributed by atoms with Gasteiger partial charge in [0.25, 0.3) is 5.56 Å². The van der Waals surface area contributed by atoms with Gasteiger partial charge in [-0.2, -0.15) is 0 Å². The number of thioether (sulfide) groups is 1. The molecule has 3 rings (SSSR count). The third-order valence-corrected chi connectivity index (χ3v) is 6.02. The van der Waals surface area contributed by atoms with E-state index >= 15 is 0 Å². The molecule has 0 spiro atoms. The van der Waals surface area contributed by atoms with Gasteiger partial charge in [-0.05, 0) is 44.2 Å². The lowest BCUT2D eigenvalue weighted by Crippen LogP contribution is -2.30. The van der Waals surface area contributed by atoms with Crippen molar-refractivity contribution in [2.75, 3.05) is 19.0 Å². The number of rotatable bonds is 7. The smallest absolute Gasteiger partial charge is 0.262 e. The van der Waals surface area contributed by atoms with Crippen LogP contribution in [0.2, 0.25) is 0 Å². The van der Waals surface area contributed by atoms with Gasteiger partial charge in [0.2, 0.25) is 5.91 Å². The van der Waals surface area contributed by atoms with Gasteiger partial charge in [0.1, 0.15) is 5.82 Å². The summed E-state index contributed by atoms with van der Waals surface area (Å²) in [7, 11) is 1.56. The monoisotopic (exact) mass is 493 g/mol. The summed E-state index contributed by atoms with van der Waals surface area (Å²) in [5.41, 5.74) is 0.448. The number of amides is 1. The maximum Gasteiger partial charge on any atom is 0.262 e. The third-order valence-electron chi connectivity index (χ3n) is 4.46. The molecular formula is C21H21BrFN3O3S. The summed E-state index contributed by atoms with van der Waals surface area (Å²) in [6.07, 6.45) is 0. The van der Waals surface area contributed by atoms with E-state index in [-0.39, 0.29) is 17.3 Å². The van der Waals surface area contributed by atoms with Gasteiger partial charge in [-0.3, -0.25) is 14.2 Å². The molecule has 1 amide bonds. The van der Waals surface area contributed by atoms with Crippen LogP contribution in [0.15, 0.2) is 56.9 Å². The van der Waals surface area contributed by atoms with E-state index in [1.165, 1.54) is 12.1 Å². The van der Waals surface area contributed by atoms with Crippen molar-refractivity contribution in [1.29, 1.82) is 0 Å². The second-order valence-corrected chi connectivity index (χ2v) is 8.99. The third kappa shape index (κ3) is 4.91. The van der Waals surface area contributed by atoms with Gasteiger partial charge < -0.3 is 10.1 Å². The summed E-state index contributed by atoms with van der Waals surface area (Å²) < 4.78 is 21.4. The lowest BCUT2D eigenvalue weighted by Gasteiger charge is -2.20. The Labute approximate surface area is 186 Å². The molecule has 0 radical (unpaired) electrons. The zero-order valence-corrected chi connectivity index (χ0v) is 19.1. The predicted octanol–water partition coefficient (Wildman–Crippen LogP) is 4.62. The van der Waals surface area contributed by atoms with Gasteiger partial charge >= 0.3 is 0 Å². The highest BCUT2D eigenvalue weighted by atomic mass is 79.9. The largest absolute Gasteiger partial charge is 0.383 e. The fourth-order valence-electron chi connectivity index (χ4n) is 2.95. The van der Waals surface area contributed by atoms with Crippen LogP contribution in [0.1, 0.15) is 19.9 Å². The molecule has 158 valence electrons. The number of hydrogen-bond acceptors (Lipinski definition) is 5. The highest BCUT2D eigenvalue weighted by Crippen LogP contribution is 2.27. The van der Waals surface area contributed by atoms with Crippen molar-refractivity contribution in [2.45, 2.75) is 30.3 Å². The molecule has 30 heavy (non-hydrogen) atoms. The van der Waals surface area contributed by atoms with Crippen LogP contribution >= 0.6 is 27.7 Å². The van der Waals surface area contributed by atoms with Crippen molar-refractivity contribution in [3.05, 3.63) is 63.1 Å². The summed E-state index contributed by atoms with van der Waals surface area (Å²) in [6.45, 7) is 3.86. The molecule has 1 aromatic heterocycles. The van der Waals surface area contributed by atoms with Crippen LogP contribution in [0.3, 0.4) is 0 Å². The van der Waals surface area contributed by atoms with Crippen LogP contribution < -0.4 is 10.9 Å². The zero-order chi connectivity index (χ0) is 21.8. The van der Waals surface area contributed by atoms with Gasteiger partial charge in [0.15, 0.2) is 5.16 Å². The first-order valence-electron chi connectivity index (χ1n) is 9.24. The topological polar surface area (TPSA) is 73.2 Å². The maximum absolute atomic E-state index is 14.1. The number of fused-ring (bicyclic) bond motifs is 1. The molecule has 3 aromatic rings. The number of halogens is 2. The summed E-state index contributed by atoms with van der Waals surface area (Å²) >= 11 is 4.33. The molecule has 0 aliphatic carbocycles. The van der Waals surface area contributed by atoms with E-state index in [4.69, 9.17) is 4.74 Å². The van der Waals surface area contributed by atoms with Crippen LogP contribution in [-0.4, -0.2) is 34.4 Å². The Balaban J connectivity index is 1.92. The molecule has 6 nitrogen and oxygen atoms in total. The average molecular weight is 494 g/mol. The van der Waals surface area contributed by atoms with Gasteiger partial charge in [-0.1, -0.05) is 39.8 Å². The molecule has 0 fully saturated rings. The predicted molar refractivity (Wildman–Crippen MR) is 121 cm³/mol. The minimum absolute atomic E-state index is 0.0901. The molecule has 0 saturated heterocycles. The number of anilines is 1. The molecule has 1 heterocycles. The Morgan fingerprint density at radius 1 is 1.30 bits per heavy atom. The van der Waals surface area contributed by atoms with Crippen molar-refractivity contribution in [2.24, 2.45) is 0 Å². The molecule has 0 saturated carbocycles. The second kappa shape index (κ2) is 9.72. The Morgan fingerprint density at radius 2 is 2.03 bits per heavy atom. The highest BCUT2D eigenvalue weighted by Gasteiger charge is 2.22. The van der Waals surface area contributed by atoms with E-state index in [2.05, 4.69) is 26.2 Å².